The van der Waals surface area contributed by atoms with Gasteiger partial charge >= 0.3 is 5.97 Å². The van der Waals surface area contributed by atoms with Gasteiger partial charge in [0, 0.05) is 0 Å². The molecule has 4 unspecified atom stereocenters. The van der Waals surface area contributed by atoms with Gasteiger partial charge in [-0.05, 0) is 60.5 Å². The zero-order valence-corrected chi connectivity index (χ0v) is 30.6. The molecule has 0 N–H and O–H groups in total. The summed E-state index contributed by atoms with van der Waals surface area (Å²) in [6.45, 7) is 32.1. The topological polar surface area (TPSA) is 63.7 Å². The second kappa shape index (κ2) is 18.0. The molecular formula is C38H67NO4. The molecule has 1 heterocycles. The smallest absolute Gasteiger partial charge is 0.312 e. The van der Waals surface area contributed by atoms with E-state index >= 15 is 0 Å². The molecule has 2 rings (SSSR count). The molecule has 4 atom stereocenters. The van der Waals surface area contributed by atoms with E-state index in [1.54, 1.807) is 0 Å². The number of rotatable bonds is 11. The van der Waals surface area contributed by atoms with Gasteiger partial charge in [-0.1, -0.05) is 134 Å². The third-order valence-electron chi connectivity index (χ3n) is 8.83. The Kier molecular flexibility index (Phi) is 17.1. The van der Waals surface area contributed by atoms with Crippen LogP contribution in [0.3, 0.4) is 0 Å². The van der Waals surface area contributed by atoms with Crippen LogP contribution in [-0.2, 0) is 19.1 Å². The third kappa shape index (κ3) is 11.7. The van der Waals surface area contributed by atoms with Crippen molar-refractivity contribution in [2.75, 3.05) is 11.5 Å². The summed E-state index contributed by atoms with van der Waals surface area (Å²) < 4.78 is 5.79. The van der Waals surface area contributed by atoms with Gasteiger partial charge in [0.1, 0.15) is 0 Å². The first-order valence-electron chi connectivity index (χ1n) is 16.9. The maximum Gasteiger partial charge on any atom is 0.312 e. The molecule has 1 aromatic rings. The van der Waals surface area contributed by atoms with Gasteiger partial charge in [0.05, 0.1) is 29.5 Å². The van der Waals surface area contributed by atoms with Gasteiger partial charge in [0.2, 0.25) is 11.8 Å². The number of anilines is 1. The highest BCUT2D eigenvalue weighted by molar-refractivity contribution is 6.22. The van der Waals surface area contributed by atoms with Crippen molar-refractivity contribution in [3.05, 3.63) is 30.3 Å². The van der Waals surface area contributed by atoms with Crippen molar-refractivity contribution >= 4 is 23.5 Å². The van der Waals surface area contributed by atoms with E-state index < -0.39 is 5.41 Å². The van der Waals surface area contributed by atoms with Crippen LogP contribution in [0.25, 0.3) is 0 Å². The molecule has 1 saturated heterocycles. The maximum absolute atomic E-state index is 12.9. The summed E-state index contributed by atoms with van der Waals surface area (Å²) in [5.41, 5.74) is 0.232. The number of esters is 1. The fraction of sp³-hybridized carbons (Fsp3) is 0.763. The predicted octanol–water partition coefficient (Wildman–Crippen LogP) is 10.4. The molecule has 0 spiro atoms. The number of nitrogens with zero attached hydrogens (tertiary/aromatic N) is 1. The summed E-state index contributed by atoms with van der Waals surface area (Å²) in [4.78, 5) is 39.4. The van der Waals surface area contributed by atoms with Crippen LogP contribution >= 0.6 is 0 Å². The van der Waals surface area contributed by atoms with Crippen molar-refractivity contribution in [2.45, 2.75) is 136 Å². The fourth-order valence-electron chi connectivity index (χ4n) is 5.90. The summed E-state index contributed by atoms with van der Waals surface area (Å²) in [6.07, 6.45) is 5.50. The highest BCUT2D eigenvalue weighted by Crippen LogP contribution is 2.47. The first-order valence-corrected chi connectivity index (χ1v) is 16.9. The molecule has 2 amide bonds. The number of imide groups is 1. The Morgan fingerprint density at radius 2 is 1.30 bits per heavy atom. The Balaban J connectivity index is 0.000000780. The summed E-state index contributed by atoms with van der Waals surface area (Å²) in [7, 11) is 0. The van der Waals surface area contributed by atoms with Crippen LogP contribution in [0.2, 0.25) is 0 Å². The van der Waals surface area contributed by atoms with E-state index in [-0.39, 0.29) is 52.3 Å². The molecule has 248 valence electrons. The molecule has 1 aromatic carbocycles. The lowest BCUT2D eigenvalue weighted by Gasteiger charge is -2.43. The lowest BCUT2D eigenvalue weighted by atomic mass is 9.61. The zero-order valence-electron chi connectivity index (χ0n) is 30.6. The maximum atomic E-state index is 12.9. The lowest BCUT2D eigenvalue weighted by molar-refractivity contribution is -0.166. The summed E-state index contributed by atoms with van der Waals surface area (Å²) in [6, 6.07) is 9.21. The van der Waals surface area contributed by atoms with Gasteiger partial charge in [-0.25, -0.2) is 0 Å². The highest BCUT2D eigenvalue weighted by Gasteiger charge is 2.50. The third-order valence-corrected chi connectivity index (χ3v) is 8.83. The summed E-state index contributed by atoms with van der Waals surface area (Å²) in [5, 5.41) is 0. The monoisotopic (exact) mass is 602 g/mol. The van der Waals surface area contributed by atoms with E-state index in [9.17, 15) is 14.4 Å². The Morgan fingerprint density at radius 1 is 0.837 bits per heavy atom. The van der Waals surface area contributed by atoms with Crippen LogP contribution in [-0.4, -0.2) is 24.4 Å². The molecule has 5 nitrogen and oxygen atoms in total. The number of ether oxygens (including phenoxy) is 1. The van der Waals surface area contributed by atoms with Crippen molar-refractivity contribution in [1.29, 1.82) is 0 Å². The fourth-order valence-corrected chi connectivity index (χ4v) is 5.90. The Bertz CT molecular complexity index is 944. The minimum Gasteiger partial charge on any atom is -0.465 e. The predicted molar refractivity (Wildman–Crippen MR) is 183 cm³/mol. The van der Waals surface area contributed by atoms with Crippen LogP contribution in [0.15, 0.2) is 30.3 Å². The molecule has 0 aliphatic carbocycles. The second-order valence-electron chi connectivity index (χ2n) is 15.2. The average molecular weight is 602 g/mol. The zero-order chi connectivity index (χ0) is 33.8. The molecule has 43 heavy (non-hydrogen) atoms. The molecule has 1 aliphatic rings. The molecule has 1 fully saturated rings. The molecule has 1 aliphatic heterocycles. The highest BCUT2D eigenvalue weighted by atomic mass is 16.5. The number of unbranched alkanes of at least 4 members (excludes halogenated alkanes) is 1. The van der Waals surface area contributed by atoms with Crippen LogP contribution in [0.5, 0.6) is 0 Å². The number of carbonyl (C=O) groups excluding carboxylic acids is 3. The number of para-hydroxylation sites is 1. The number of hydrogen-bond donors (Lipinski definition) is 0. The van der Waals surface area contributed by atoms with E-state index in [2.05, 4.69) is 62.3 Å². The van der Waals surface area contributed by atoms with Crippen LogP contribution in [0.1, 0.15) is 136 Å². The standard InChI is InChI=1S/C20H40O2.C16H21NO2.C2H6/c1-10-12-13-16(11-2)14-22-17(21)20(9,19(6,7)8)15-18(3,4)5;1-10(2)13-14(11(3)4)16(19)17(15(13)18)12-8-6-5-7-9-12;1-2/h16H,10-15H2,1-9H3;5-11,13-14H,1-4H3;1-2H3. The molecule has 5 heteroatoms. The SMILES string of the molecule is CC.CC(C)C1C(=O)N(c2ccccc2)C(=O)C1C(C)C.CCCCC(CC)COC(=O)C(C)(CC(C)(C)C)C(C)(C)C. The molecule has 0 bridgehead atoms. The second-order valence-corrected chi connectivity index (χ2v) is 15.2. The van der Waals surface area contributed by atoms with Crippen molar-refractivity contribution in [3.8, 4) is 0 Å². The first kappa shape index (κ1) is 40.8. The van der Waals surface area contributed by atoms with E-state index in [0.29, 0.717) is 18.2 Å². The average Bonchev–Trinajstić information content (AvgIpc) is 3.19. The minimum atomic E-state index is -0.450. The number of benzene rings is 1. The number of carbonyl (C=O) groups is 3. The van der Waals surface area contributed by atoms with E-state index in [1.807, 2.05) is 71.9 Å². The quantitative estimate of drug-likeness (QED) is 0.187. The Labute approximate surface area is 265 Å². The summed E-state index contributed by atoms with van der Waals surface area (Å²) >= 11 is 0. The van der Waals surface area contributed by atoms with Crippen molar-refractivity contribution < 1.29 is 19.1 Å². The molecule has 0 saturated carbocycles. The largest absolute Gasteiger partial charge is 0.465 e. The van der Waals surface area contributed by atoms with Gasteiger partial charge in [-0.15, -0.1) is 0 Å². The van der Waals surface area contributed by atoms with Crippen molar-refractivity contribution in [1.82, 2.24) is 0 Å². The van der Waals surface area contributed by atoms with Crippen molar-refractivity contribution in [2.24, 2.45) is 45.8 Å². The molecule has 0 aromatic heterocycles. The molecular weight excluding hydrogens is 534 g/mol. The van der Waals surface area contributed by atoms with Crippen molar-refractivity contribution in [3.63, 3.8) is 0 Å². The first-order chi connectivity index (χ1) is 19.8. The van der Waals surface area contributed by atoms with Gasteiger partial charge in [0.15, 0.2) is 0 Å². The minimum absolute atomic E-state index is 0.0233. The van der Waals surface area contributed by atoms with Gasteiger partial charge in [-0.3, -0.25) is 19.3 Å². The van der Waals surface area contributed by atoms with E-state index in [1.165, 1.54) is 17.7 Å². The lowest BCUT2D eigenvalue weighted by Crippen LogP contribution is -2.44. The van der Waals surface area contributed by atoms with Crippen LogP contribution in [0.4, 0.5) is 5.69 Å². The van der Waals surface area contributed by atoms with E-state index in [0.717, 1.165) is 19.3 Å². The Morgan fingerprint density at radius 3 is 1.65 bits per heavy atom. The van der Waals surface area contributed by atoms with Gasteiger partial charge < -0.3 is 4.74 Å². The van der Waals surface area contributed by atoms with E-state index in [4.69, 9.17) is 4.74 Å². The molecule has 0 radical (unpaired) electrons. The number of amides is 2. The normalized spacial score (nSPS) is 19.3. The van der Waals surface area contributed by atoms with Gasteiger partial charge in [-0.2, -0.15) is 0 Å². The van der Waals surface area contributed by atoms with Crippen LogP contribution in [0, 0.1) is 45.8 Å². The van der Waals surface area contributed by atoms with Crippen LogP contribution < -0.4 is 4.90 Å². The summed E-state index contributed by atoms with van der Waals surface area (Å²) in [5.74, 6) is 0.331. The Hall–Kier alpha value is -2.17. The number of hydrogen-bond acceptors (Lipinski definition) is 4. The van der Waals surface area contributed by atoms with Gasteiger partial charge in [0.25, 0.3) is 0 Å².